The summed E-state index contributed by atoms with van der Waals surface area (Å²) in [5, 5.41) is 15.1. The number of sulfonamides is 1. The first-order valence-corrected chi connectivity index (χ1v) is 16.1. The third kappa shape index (κ3) is 9.92. The molecule has 0 aliphatic carbocycles. The van der Waals surface area contributed by atoms with Gasteiger partial charge in [0, 0.05) is 37.3 Å². The van der Waals surface area contributed by atoms with Crippen LogP contribution in [-0.4, -0.2) is 87.1 Å². The zero-order valence-electron chi connectivity index (χ0n) is 27.2. The SMILES string of the molecule is COC(=O)[C@]1(OCc2cccc(F)c2F)C[C@H](OC(C)=O)[C@@H](NS(=O)(=O)c2ccccc2[N+](=O)[O-])[C@H]([C@H](OC(C)=O)[C@@H](CN=[N+]=[N-])OC(C)=O)O1. The Morgan fingerprint density at radius 3 is 2.35 bits per heavy atom. The molecule has 276 valence electrons. The van der Waals surface area contributed by atoms with Gasteiger partial charge in [-0.05, 0) is 17.7 Å². The molecule has 2 aromatic rings. The number of benzene rings is 2. The normalized spacial score (nSPS) is 21.3. The smallest absolute Gasteiger partial charge is 0.366 e. The Balaban J connectivity index is 2.33. The minimum absolute atomic E-state index is 0.445. The van der Waals surface area contributed by atoms with Crippen LogP contribution in [0.3, 0.4) is 0 Å². The summed E-state index contributed by atoms with van der Waals surface area (Å²) in [6, 6.07) is 5.14. The molecule has 0 aromatic heterocycles. The number of methoxy groups -OCH3 is 1. The van der Waals surface area contributed by atoms with Gasteiger partial charge >= 0.3 is 23.9 Å². The molecule has 0 unspecified atom stereocenters. The molecule has 6 atom stereocenters. The van der Waals surface area contributed by atoms with Crippen molar-refractivity contribution < 1.29 is 69.7 Å². The van der Waals surface area contributed by atoms with Crippen LogP contribution in [0, 0.1) is 21.7 Å². The lowest BCUT2D eigenvalue weighted by Crippen LogP contribution is -2.69. The third-order valence-corrected chi connectivity index (χ3v) is 8.64. The summed E-state index contributed by atoms with van der Waals surface area (Å²) in [5.41, 5.74) is 7.68. The summed E-state index contributed by atoms with van der Waals surface area (Å²) < 4.78 is 91.1. The number of para-hydroxylation sites is 1. The van der Waals surface area contributed by atoms with Crippen molar-refractivity contribution in [1.82, 2.24) is 4.72 Å². The van der Waals surface area contributed by atoms with Gasteiger partial charge in [-0.15, -0.1) is 0 Å². The zero-order chi connectivity index (χ0) is 38.1. The van der Waals surface area contributed by atoms with E-state index in [1.165, 1.54) is 12.1 Å². The van der Waals surface area contributed by atoms with Crippen molar-refractivity contribution in [3.8, 4) is 0 Å². The highest BCUT2D eigenvalue weighted by Crippen LogP contribution is 2.39. The Morgan fingerprint density at radius 2 is 1.76 bits per heavy atom. The van der Waals surface area contributed by atoms with Gasteiger partial charge in [0.1, 0.15) is 18.3 Å². The predicted octanol–water partition coefficient (Wildman–Crippen LogP) is 2.50. The molecule has 19 nitrogen and oxygen atoms in total. The lowest BCUT2D eigenvalue weighted by molar-refractivity contribution is -0.387. The van der Waals surface area contributed by atoms with Gasteiger partial charge in [-0.25, -0.2) is 26.7 Å². The van der Waals surface area contributed by atoms with E-state index < -0.39 is 122 Å². The summed E-state index contributed by atoms with van der Waals surface area (Å²) >= 11 is 0. The fourth-order valence-electron chi connectivity index (χ4n) is 5.14. The number of nitro benzene ring substituents is 1. The number of rotatable bonds is 15. The van der Waals surface area contributed by atoms with Crippen molar-refractivity contribution in [3.05, 3.63) is 80.2 Å². The van der Waals surface area contributed by atoms with Gasteiger partial charge in [-0.3, -0.25) is 24.5 Å². The number of carbonyl (C=O) groups is 4. The van der Waals surface area contributed by atoms with Crippen molar-refractivity contribution in [2.75, 3.05) is 13.7 Å². The molecule has 51 heavy (non-hydrogen) atoms. The summed E-state index contributed by atoms with van der Waals surface area (Å²) in [6.07, 6.45) is -8.84. The Bertz CT molecular complexity index is 1820. The van der Waals surface area contributed by atoms with Gasteiger partial charge in [-0.1, -0.05) is 29.4 Å². The molecule has 2 aromatic carbocycles. The van der Waals surface area contributed by atoms with Gasteiger partial charge < -0.3 is 28.4 Å². The van der Waals surface area contributed by atoms with Gasteiger partial charge in [0.05, 0.1) is 37.6 Å². The molecular weight excluding hydrogens is 712 g/mol. The molecule has 1 fully saturated rings. The number of nitrogens with zero attached hydrogens (tertiary/aromatic N) is 4. The number of halogens is 2. The van der Waals surface area contributed by atoms with Crippen LogP contribution in [0.5, 0.6) is 0 Å². The quantitative estimate of drug-likeness (QED) is 0.0523. The molecule has 0 bridgehead atoms. The highest BCUT2D eigenvalue weighted by atomic mass is 32.2. The van der Waals surface area contributed by atoms with Gasteiger partial charge in [-0.2, -0.15) is 0 Å². The summed E-state index contributed by atoms with van der Waals surface area (Å²) in [7, 11) is -4.17. The van der Waals surface area contributed by atoms with Crippen molar-refractivity contribution in [1.29, 1.82) is 0 Å². The Labute approximate surface area is 287 Å². The van der Waals surface area contributed by atoms with Gasteiger partial charge in [0.2, 0.25) is 10.0 Å². The second kappa shape index (κ2) is 17.1. The first kappa shape index (κ1) is 40.2. The third-order valence-electron chi connectivity index (χ3n) is 7.13. The van der Waals surface area contributed by atoms with Gasteiger partial charge in [0.25, 0.3) is 11.5 Å². The fourth-order valence-corrected chi connectivity index (χ4v) is 6.59. The van der Waals surface area contributed by atoms with Gasteiger partial charge in [0.15, 0.2) is 22.6 Å². The van der Waals surface area contributed by atoms with E-state index >= 15 is 0 Å². The molecule has 1 aliphatic rings. The van der Waals surface area contributed by atoms with E-state index in [4.69, 9.17) is 34.0 Å². The Kier molecular flexibility index (Phi) is 13.5. The first-order valence-electron chi connectivity index (χ1n) is 14.6. The van der Waals surface area contributed by atoms with Crippen LogP contribution in [-0.2, 0) is 64.2 Å². The molecule has 3 rings (SSSR count). The summed E-state index contributed by atoms with van der Waals surface area (Å²) in [5.74, 6) is -10.1. The van der Waals surface area contributed by atoms with Crippen molar-refractivity contribution >= 4 is 39.6 Å². The molecule has 0 spiro atoms. The second-order valence-corrected chi connectivity index (χ2v) is 12.4. The highest BCUT2D eigenvalue weighted by molar-refractivity contribution is 7.89. The minimum Gasteiger partial charge on any atom is -0.465 e. The van der Waals surface area contributed by atoms with E-state index in [0.717, 1.165) is 58.2 Å². The van der Waals surface area contributed by atoms with Crippen LogP contribution in [0.4, 0.5) is 14.5 Å². The fraction of sp³-hybridized carbons (Fsp3) is 0.448. The second-order valence-electron chi connectivity index (χ2n) is 10.7. The molecule has 0 amide bonds. The highest BCUT2D eigenvalue weighted by Gasteiger charge is 2.60. The molecule has 0 radical (unpaired) electrons. The number of azide groups is 1. The van der Waals surface area contributed by atoms with E-state index in [1.54, 1.807) is 0 Å². The predicted molar refractivity (Wildman–Crippen MR) is 163 cm³/mol. The minimum atomic E-state index is -5.04. The van der Waals surface area contributed by atoms with Crippen molar-refractivity contribution in [2.45, 2.75) is 74.9 Å². The lowest BCUT2D eigenvalue weighted by atomic mass is 9.88. The van der Waals surface area contributed by atoms with E-state index in [2.05, 4.69) is 14.7 Å². The van der Waals surface area contributed by atoms with E-state index in [0.29, 0.717) is 0 Å². The van der Waals surface area contributed by atoms with Crippen LogP contribution in [0.1, 0.15) is 32.8 Å². The number of hydrogen-bond acceptors (Lipinski definition) is 15. The molecular formula is C29H31F2N5O14S. The molecule has 1 saturated heterocycles. The van der Waals surface area contributed by atoms with Crippen molar-refractivity contribution in [3.63, 3.8) is 0 Å². The molecule has 0 saturated carbocycles. The van der Waals surface area contributed by atoms with Crippen LogP contribution < -0.4 is 4.72 Å². The van der Waals surface area contributed by atoms with Crippen LogP contribution >= 0.6 is 0 Å². The first-order chi connectivity index (χ1) is 24.0. The van der Waals surface area contributed by atoms with Crippen LogP contribution in [0.15, 0.2) is 52.5 Å². The van der Waals surface area contributed by atoms with E-state index in [9.17, 15) is 46.5 Å². The van der Waals surface area contributed by atoms with Crippen LogP contribution in [0.25, 0.3) is 10.4 Å². The molecule has 1 aliphatic heterocycles. The number of carbonyl (C=O) groups excluding carboxylic acids is 4. The van der Waals surface area contributed by atoms with Crippen LogP contribution in [0.2, 0.25) is 0 Å². The van der Waals surface area contributed by atoms with E-state index in [1.807, 2.05) is 0 Å². The largest absolute Gasteiger partial charge is 0.465 e. The maximum absolute atomic E-state index is 14.7. The number of esters is 4. The Hall–Kier alpha value is -5.28. The molecule has 22 heteroatoms. The zero-order valence-corrected chi connectivity index (χ0v) is 28.0. The standard InChI is InChI=1S/C29H31F2N5O14S/c1-15(37)47-21-12-29(28(40)45-4,46-14-18-8-7-9-19(30)24(18)31)50-27(26(49-17(3)39)22(13-33-35-32)48-16(2)38)25(21)34-51(43,44)23-11-6-5-10-20(23)36(41)42/h5-11,21-22,25-27,34H,12-14H2,1-4H3/t21-,22+,25+,26+,27+,29-/m0/s1. The number of nitro groups is 1. The molecule has 1 N–H and O–H groups in total. The van der Waals surface area contributed by atoms with E-state index in [-0.39, 0.29) is 0 Å². The summed E-state index contributed by atoms with van der Waals surface area (Å²) in [6.45, 7) is 0.974. The monoisotopic (exact) mass is 743 g/mol. The van der Waals surface area contributed by atoms with Crippen molar-refractivity contribution in [2.24, 2.45) is 5.11 Å². The number of nitrogens with one attached hydrogen (secondary N) is 1. The number of ether oxygens (including phenoxy) is 6. The molecule has 1 heterocycles. The average Bonchev–Trinajstić information content (AvgIpc) is 3.06. The topological polar surface area (TPSA) is 262 Å². The number of hydrogen-bond donors (Lipinski definition) is 1. The Morgan fingerprint density at radius 1 is 1.10 bits per heavy atom. The maximum Gasteiger partial charge on any atom is 0.366 e. The maximum atomic E-state index is 14.7. The summed E-state index contributed by atoms with van der Waals surface area (Å²) in [4.78, 5) is 63.0. The lowest BCUT2D eigenvalue weighted by Gasteiger charge is -2.48. The average molecular weight is 744 g/mol.